The molecule has 0 saturated carbocycles. The number of para-hydroxylation sites is 2. The summed E-state index contributed by atoms with van der Waals surface area (Å²) in [6.07, 6.45) is 2.69. The first-order chi connectivity index (χ1) is 16.2. The SMILES string of the molecule is O=C(NO)c1ccc(C2=Nc3ccccc3Nc3nccc(CCN4CCOCC4)c32)cc1. The van der Waals surface area contributed by atoms with Crippen LogP contribution >= 0.6 is 0 Å². The van der Waals surface area contributed by atoms with E-state index in [9.17, 15) is 4.79 Å². The second kappa shape index (κ2) is 9.50. The van der Waals surface area contributed by atoms with Gasteiger partial charge in [-0.05, 0) is 42.3 Å². The van der Waals surface area contributed by atoms with Gasteiger partial charge < -0.3 is 10.1 Å². The van der Waals surface area contributed by atoms with Gasteiger partial charge in [0, 0.05) is 42.5 Å². The third-order valence-corrected chi connectivity index (χ3v) is 5.99. The Bertz CT molecular complexity index is 1190. The molecule has 0 spiro atoms. The van der Waals surface area contributed by atoms with Crippen LogP contribution in [0.1, 0.15) is 27.0 Å². The number of morpholine rings is 1. The topological polar surface area (TPSA) is 99.1 Å². The third kappa shape index (κ3) is 4.49. The molecule has 2 aliphatic heterocycles. The lowest BCUT2D eigenvalue weighted by molar-refractivity contribution is 0.0384. The highest BCUT2D eigenvalue weighted by molar-refractivity contribution is 6.19. The van der Waals surface area contributed by atoms with E-state index in [1.807, 2.05) is 42.6 Å². The number of pyridine rings is 1. The van der Waals surface area contributed by atoms with Crippen molar-refractivity contribution in [1.29, 1.82) is 0 Å². The normalized spacial score (nSPS) is 15.5. The van der Waals surface area contributed by atoms with Crippen molar-refractivity contribution in [3.05, 3.63) is 83.0 Å². The predicted molar refractivity (Wildman–Crippen MR) is 126 cm³/mol. The van der Waals surface area contributed by atoms with E-state index in [-0.39, 0.29) is 0 Å². The van der Waals surface area contributed by atoms with Crippen molar-refractivity contribution >= 4 is 28.8 Å². The van der Waals surface area contributed by atoms with Gasteiger partial charge in [-0.25, -0.2) is 15.5 Å². The van der Waals surface area contributed by atoms with Crippen LogP contribution in [-0.4, -0.2) is 59.6 Å². The van der Waals surface area contributed by atoms with Crippen LogP contribution in [-0.2, 0) is 11.2 Å². The van der Waals surface area contributed by atoms with Crippen LogP contribution in [0.5, 0.6) is 0 Å². The second-order valence-electron chi connectivity index (χ2n) is 8.02. The number of aliphatic imine (C=N–C) groups is 1. The molecule has 33 heavy (non-hydrogen) atoms. The Morgan fingerprint density at radius 3 is 2.67 bits per heavy atom. The molecule has 0 aliphatic carbocycles. The highest BCUT2D eigenvalue weighted by Crippen LogP contribution is 2.36. The molecule has 3 heterocycles. The van der Waals surface area contributed by atoms with Crippen molar-refractivity contribution in [3.63, 3.8) is 0 Å². The fourth-order valence-corrected chi connectivity index (χ4v) is 4.21. The van der Waals surface area contributed by atoms with E-state index in [2.05, 4.69) is 21.3 Å². The third-order valence-electron chi connectivity index (χ3n) is 5.99. The second-order valence-corrected chi connectivity index (χ2v) is 8.02. The minimum absolute atomic E-state index is 0.368. The number of nitrogens with zero attached hydrogens (tertiary/aromatic N) is 3. The van der Waals surface area contributed by atoms with Gasteiger partial charge in [0.15, 0.2) is 0 Å². The van der Waals surface area contributed by atoms with Gasteiger partial charge in [-0.2, -0.15) is 0 Å². The highest BCUT2D eigenvalue weighted by atomic mass is 16.5. The van der Waals surface area contributed by atoms with E-state index < -0.39 is 5.91 Å². The number of fused-ring (bicyclic) bond motifs is 2. The van der Waals surface area contributed by atoms with Crippen molar-refractivity contribution in [2.45, 2.75) is 6.42 Å². The van der Waals surface area contributed by atoms with Crippen LogP contribution in [0.15, 0.2) is 65.8 Å². The molecule has 8 nitrogen and oxygen atoms in total. The zero-order chi connectivity index (χ0) is 22.6. The Morgan fingerprint density at radius 2 is 1.88 bits per heavy atom. The number of carbonyl (C=O) groups excluding carboxylic acids is 1. The van der Waals surface area contributed by atoms with E-state index in [1.54, 1.807) is 17.6 Å². The van der Waals surface area contributed by atoms with Crippen LogP contribution in [0.25, 0.3) is 0 Å². The summed E-state index contributed by atoms with van der Waals surface area (Å²) < 4.78 is 5.48. The predicted octanol–water partition coefficient (Wildman–Crippen LogP) is 3.30. The molecule has 1 amide bonds. The highest BCUT2D eigenvalue weighted by Gasteiger charge is 2.23. The number of anilines is 2. The van der Waals surface area contributed by atoms with Gasteiger partial charge in [0.05, 0.1) is 30.3 Å². The fraction of sp³-hybridized carbons (Fsp3) is 0.240. The van der Waals surface area contributed by atoms with Crippen molar-refractivity contribution < 1.29 is 14.7 Å². The number of hydrogen-bond acceptors (Lipinski definition) is 7. The smallest absolute Gasteiger partial charge is 0.274 e. The average Bonchev–Trinajstić information content (AvgIpc) is 3.05. The molecule has 2 aliphatic rings. The van der Waals surface area contributed by atoms with Crippen molar-refractivity contribution in [1.82, 2.24) is 15.4 Å². The van der Waals surface area contributed by atoms with Crippen molar-refractivity contribution in [2.24, 2.45) is 4.99 Å². The molecule has 1 aromatic heterocycles. The first-order valence-corrected chi connectivity index (χ1v) is 11.0. The Labute approximate surface area is 191 Å². The molecule has 1 fully saturated rings. The van der Waals surface area contributed by atoms with Gasteiger partial charge in [0.1, 0.15) is 5.82 Å². The first-order valence-electron chi connectivity index (χ1n) is 11.0. The number of nitrogens with one attached hydrogen (secondary N) is 2. The monoisotopic (exact) mass is 443 g/mol. The first kappa shape index (κ1) is 21.3. The van der Waals surface area contributed by atoms with Crippen LogP contribution in [0.4, 0.5) is 17.2 Å². The molecule has 0 unspecified atom stereocenters. The summed E-state index contributed by atoms with van der Waals surface area (Å²) in [5.41, 5.74) is 7.53. The molecule has 3 N–H and O–H groups in total. The van der Waals surface area contributed by atoms with Gasteiger partial charge in [-0.1, -0.05) is 24.3 Å². The lowest BCUT2D eigenvalue weighted by Gasteiger charge is -2.27. The van der Waals surface area contributed by atoms with E-state index in [4.69, 9.17) is 14.9 Å². The zero-order valence-corrected chi connectivity index (χ0v) is 18.1. The summed E-state index contributed by atoms with van der Waals surface area (Å²) >= 11 is 0. The lowest BCUT2D eigenvalue weighted by atomic mass is 9.95. The molecule has 5 rings (SSSR count). The Kier molecular flexibility index (Phi) is 6.12. The summed E-state index contributed by atoms with van der Waals surface area (Å²) in [6.45, 7) is 4.34. The minimum atomic E-state index is -0.551. The van der Waals surface area contributed by atoms with Crippen LogP contribution in [0.2, 0.25) is 0 Å². The fourth-order valence-electron chi connectivity index (χ4n) is 4.21. The summed E-state index contributed by atoms with van der Waals surface area (Å²) in [7, 11) is 0. The summed E-state index contributed by atoms with van der Waals surface area (Å²) in [5.74, 6) is 0.208. The maximum atomic E-state index is 11.8. The Hall–Kier alpha value is -3.59. The number of hydrogen-bond donors (Lipinski definition) is 3. The number of carbonyl (C=O) groups is 1. The number of benzene rings is 2. The number of aromatic nitrogens is 1. The van der Waals surface area contributed by atoms with Crippen molar-refractivity contribution in [2.75, 3.05) is 38.2 Å². The maximum absolute atomic E-state index is 11.8. The lowest BCUT2D eigenvalue weighted by Crippen LogP contribution is -2.37. The van der Waals surface area contributed by atoms with Gasteiger partial charge in [-0.15, -0.1) is 0 Å². The van der Waals surface area contributed by atoms with E-state index >= 15 is 0 Å². The molecule has 8 heteroatoms. The number of amides is 1. The van der Waals surface area contributed by atoms with Gasteiger partial charge in [0.25, 0.3) is 5.91 Å². The number of hydroxylamine groups is 1. The Morgan fingerprint density at radius 1 is 1.09 bits per heavy atom. The quantitative estimate of drug-likeness (QED) is 0.323. The van der Waals surface area contributed by atoms with E-state index in [1.165, 1.54) is 0 Å². The molecule has 0 atom stereocenters. The molecule has 0 bridgehead atoms. The van der Waals surface area contributed by atoms with Crippen LogP contribution < -0.4 is 10.8 Å². The van der Waals surface area contributed by atoms with Gasteiger partial charge in [0.2, 0.25) is 0 Å². The molecule has 3 aromatic rings. The molecular weight excluding hydrogens is 418 g/mol. The van der Waals surface area contributed by atoms with Gasteiger partial charge in [-0.3, -0.25) is 14.9 Å². The molecule has 1 saturated heterocycles. The van der Waals surface area contributed by atoms with Crippen molar-refractivity contribution in [3.8, 4) is 0 Å². The average molecular weight is 444 g/mol. The number of rotatable bonds is 5. The summed E-state index contributed by atoms with van der Waals surface area (Å²) in [5, 5.41) is 12.4. The maximum Gasteiger partial charge on any atom is 0.274 e. The molecule has 0 radical (unpaired) electrons. The van der Waals surface area contributed by atoms with Crippen LogP contribution in [0.3, 0.4) is 0 Å². The molecule has 2 aromatic carbocycles. The van der Waals surface area contributed by atoms with Crippen LogP contribution in [0, 0.1) is 0 Å². The largest absolute Gasteiger partial charge is 0.379 e. The standard InChI is InChI=1S/C25H25N5O3/c31-25(29-32)19-7-5-18(6-8-19)23-22-17(10-12-30-13-15-33-16-14-30)9-11-26-24(22)28-21-4-2-1-3-20(21)27-23/h1-9,11,32H,10,12-16H2,(H,26,28)(H,29,31). The zero-order valence-electron chi connectivity index (χ0n) is 18.1. The van der Waals surface area contributed by atoms with E-state index in [0.717, 1.165) is 78.9 Å². The minimum Gasteiger partial charge on any atom is -0.379 e. The Balaban J connectivity index is 1.57. The number of ether oxygens (including phenoxy) is 1. The summed E-state index contributed by atoms with van der Waals surface area (Å²) in [6, 6.07) is 17.0. The van der Waals surface area contributed by atoms with Gasteiger partial charge >= 0.3 is 0 Å². The molecule has 168 valence electrons. The van der Waals surface area contributed by atoms with E-state index in [0.29, 0.717) is 5.56 Å². The summed E-state index contributed by atoms with van der Waals surface area (Å²) in [4.78, 5) is 23.9. The molecular formula is C25H25N5O3.